The minimum Gasteiger partial charge on any atom is -0.190 e. The molecule has 1 heterocycles. The summed E-state index contributed by atoms with van der Waals surface area (Å²) in [4.78, 5) is 3.29. The molecule has 3 rings (SSSR count). The van der Waals surface area contributed by atoms with E-state index in [1.807, 2.05) is 0 Å². The normalized spacial score (nSPS) is 19.7. The summed E-state index contributed by atoms with van der Waals surface area (Å²) < 4.78 is 26.6. The van der Waals surface area contributed by atoms with E-state index in [1.165, 1.54) is 81.0 Å². The maximum Gasteiger partial charge on any atom is 0.218 e. The van der Waals surface area contributed by atoms with E-state index in [-0.39, 0.29) is 0 Å². The van der Waals surface area contributed by atoms with Crippen molar-refractivity contribution in [3.05, 3.63) is 65.0 Å². The number of hydrogen-bond acceptors (Lipinski definition) is 1. The van der Waals surface area contributed by atoms with Gasteiger partial charge in [-0.25, -0.2) is 0 Å². The van der Waals surface area contributed by atoms with E-state index in [2.05, 4.69) is 36.2 Å². The lowest BCUT2D eigenvalue weighted by atomic mass is 9.77. The molecular weight excluding hydrogens is 352 g/mol. The summed E-state index contributed by atoms with van der Waals surface area (Å²) in [6, 6.07) is 12.1. The van der Waals surface area contributed by atoms with Crippen molar-refractivity contribution in [1.82, 2.24) is 4.98 Å². The Morgan fingerprint density at radius 3 is 2.29 bits per heavy atom. The molecule has 0 unspecified atom stereocenters. The SMILES string of the molecule is CCCCCCc1ccc(C2CCC(CCc3ccc(F)nc3F)CC2)cc1. The van der Waals surface area contributed by atoms with Crippen molar-refractivity contribution >= 4 is 0 Å². The fraction of sp³-hybridized carbons (Fsp3) is 0.560. The molecule has 28 heavy (non-hydrogen) atoms. The Balaban J connectivity index is 1.42. The number of pyridine rings is 1. The van der Waals surface area contributed by atoms with Gasteiger partial charge in [-0.1, -0.05) is 50.5 Å². The van der Waals surface area contributed by atoms with Gasteiger partial charge in [0.15, 0.2) is 0 Å². The summed E-state index contributed by atoms with van der Waals surface area (Å²) in [7, 11) is 0. The lowest BCUT2D eigenvalue weighted by Crippen LogP contribution is -2.14. The van der Waals surface area contributed by atoms with E-state index < -0.39 is 11.9 Å². The highest BCUT2D eigenvalue weighted by Crippen LogP contribution is 2.37. The van der Waals surface area contributed by atoms with Crippen molar-refractivity contribution in [3.63, 3.8) is 0 Å². The van der Waals surface area contributed by atoms with E-state index in [9.17, 15) is 8.78 Å². The smallest absolute Gasteiger partial charge is 0.190 e. The maximum absolute atomic E-state index is 13.7. The first-order valence-electron chi connectivity index (χ1n) is 11.1. The molecular formula is C25H33F2N. The van der Waals surface area contributed by atoms with Crippen LogP contribution in [0.5, 0.6) is 0 Å². The van der Waals surface area contributed by atoms with Gasteiger partial charge in [0, 0.05) is 5.56 Å². The minimum absolute atomic E-state index is 0.540. The van der Waals surface area contributed by atoms with Crippen LogP contribution in [0.3, 0.4) is 0 Å². The predicted molar refractivity (Wildman–Crippen MR) is 111 cm³/mol. The van der Waals surface area contributed by atoms with Crippen LogP contribution < -0.4 is 0 Å². The highest BCUT2D eigenvalue weighted by molar-refractivity contribution is 5.26. The molecule has 0 amide bonds. The molecule has 1 nitrogen and oxygen atoms in total. The number of nitrogens with zero attached hydrogens (tertiary/aromatic N) is 1. The summed E-state index contributed by atoms with van der Waals surface area (Å²) >= 11 is 0. The largest absolute Gasteiger partial charge is 0.218 e. The lowest BCUT2D eigenvalue weighted by molar-refractivity contribution is 0.309. The zero-order valence-corrected chi connectivity index (χ0v) is 17.1. The zero-order chi connectivity index (χ0) is 19.8. The number of benzene rings is 1. The van der Waals surface area contributed by atoms with Crippen molar-refractivity contribution in [3.8, 4) is 0 Å². The Bertz CT molecular complexity index is 718. The van der Waals surface area contributed by atoms with Crippen LogP contribution in [0, 0.1) is 17.8 Å². The van der Waals surface area contributed by atoms with Gasteiger partial charge in [0.05, 0.1) is 0 Å². The number of unbranched alkanes of at least 4 members (excludes halogenated alkanes) is 3. The molecule has 0 aliphatic heterocycles. The van der Waals surface area contributed by atoms with E-state index in [0.717, 1.165) is 6.42 Å². The molecule has 3 heteroatoms. The number of hydrogen-bond donors (Lipinski definition) is 0. The molecule has 0 bridgehead atoms. The molecule has 1 aliphatic carbocycles. The van der Waals surface area contributed by atoms with Gasteiger partial charge in [-0.2, -0.15) is 13.8 Å². The van der Waals surface area contributed by atoms with E-state index >= 15 is 0 Å². The van der Waals surface area contributed by atoms with Crippen molar-refractivity contribution < 1.29 is 8.78 Å². The average Bonchev–Trinajstić information content (AvgIpc) is 2.72. The zero-order valence-electron chi connectivity index (χ0n) is 17.1. The highest BCUT2D eigenvalue weighted by Gasteiger charge is 2.22. The Morgan fingerprint density at radius 1 is 0.857 bits per heavy atom. The minimum atomic E-state index is -0.742. The first kappa shape index (κ1) is 21.0. The predicted octanol–water partition coefficient (Wildman–Crippen LogP) is 7.39. The van der Waals surface area contributed by atoms with Crippen LogP contribution in [0.25, 0.3) is 0 Å². The molecule has 0 atom stereocenters. The van der Waals surface area contributed by atoms with E-state index in [4.69, 9.17) is 0 Å². The van der Waals surface area contributed by atoms with Crippen molar-refractivity contribution in [2.75, 3.05) is 0 Å². The Kier molecular flexibility index (Phi) is 8.00. The first-order valence-corrected chi connectivity index (χ1v) is 11.1. The summed E-state index contributed by atoms with van der Waals surface area (Å²) in [6.07, 6.45) is 12.9. The van der Waals surface area contributed by atoms with Crippen molar-refractivity contribution in [2.24, 2.45) is 5.92 Å². The molecule has 1 aromatic carbocycles. The monoisotopic (exact) mass is 385 g/mol. The van der Waals surface area contributed by atoms with Gasteiger partial charge in [-0.05, 0) is 86.5 Å². The fourth-order valence-electron chi connectivity index (χ4n) is 4.48. The quantitative estimate of drug-likeness (QED) is 0.324. The van der Waals surface area contributed by atoms with Gasteiger partial charge in [-0.3, -0.25) is 0 Å². The number of rotatable bonds is 9. The van der Waals surface area contributed by atoms with Gasteiger partial charge >= 0.3 is 0 Å². The van der Waals surface area contributed by atoms with Gasteiger partial charge in [0.25, 0.3) is 0 Å². The third-order valence-electron chi connectivity index (χ3n) is 6.33. The number of halogens is 2. The highest BCUT2D eigenvalue weighted by atomic mass is 19.1. The second kappa shape index (κ2) is 10.7. The molecule has 0 radical (unpaired) electrons. The van der Waals surface area contributed by atoms with E-state index in [0.29, 0.717) is 23.8 Å². The Labute approximate surface area is 168 Å². The summed E-state index contributed by atoms with van der Waals surface area (Å²) in [5.74, 6) is -0.0923. The van der Waals surface area contributed by atoms with Crippen LogP contribution in [-0.2, 0) is 12.8 Å². The molecule has 1 aromatic heterocycles. The van der Waals surface area contributed by atoms with Crippen LogP contribution in [0.15, 0.2) is 36.4 Å². The Hall–Kier alpha value is -1.77. The van der Waals surface area contributed by atoms with Gasteiger partial charge in [0.1, 0.15) is 0 Å². The number of aryl methyl sites for hydroxylation is 2. The summed E-state index contributed by atoms with van der Waals surface area (Å²) in [5, 5.41) is 0. The van der Waals surface area contributed by atoms with Crippen LogP contribution in [0.4, 0.5) is 8.78 Å². The fourth-order valence-corrected chi connectivity index (χ4v) is 4.48. The maximum atomic E-state index is 13.7. The van der Waals surface area contributed by atoms with E-state index in [1.54, 1.807) is 0 Å². The third kappa shape index (κ3) is 6.12. The lowest BCUT2D eigenvalue weighted by Gasteiger charge is -2.29. The van der Waals surface area contributed by atoms with Crippen LogP contribution in [0.2, 0.25) is 0 Å². The molecule has 0 saturated heterocycles. The molecule has 152 valence electrons. The molecule has 2 aromatic rings. The summed E-state index contributed by atoms with van der Waals surface area (Å²) in [5.41, 5.74) is 3.48. The molecule has 1 fully saturated rings. The average molecular weight is 386 g/mol. The van der Waals surface area contributed by atoms with Gasteiger partial charge in [-0.15, -0.1) is 0 Å². The van der Waals surface area contributed by atoms with Crippen LogP contribution >= 0.6 is 0 Å². The second-order valence-corrected chi connectivity index (χ2v) is 8.39. The molecule has 0 N–H and O–H groups in total. The van der Waals surface area contributed by atoms with Gasteiger partial charge < -0.3 is 0 Å². The Morgan fingerprint density at radius 2 is 1.61 bits per heavy atom. The second-order valence-electron chi connectivity index (χ2n) is 8.39. The van der Waals surface area contributed by atoms with Crippen molar-refractivity contribution in [2.45, 2.75) is 83.5 Å². The van der Waals surface area contributed by atoms with Crippen LogP contribution in [0.1, 0.15) is 87.3 Å². The van der Waals surface area contributed by atoms with Crippen LogP contribution in [-0.4, -0.2) is 4.98 Å². The van der Waals surface area contributed by atoms with Crippen molar-refractivity contribution in [1.29, 1.82) is 0 Å². The topological polar surface area (TPSA) is 12.9 Å². The first-order chi connectivity index (χ1) is 13.7. The molecule has 0 spiro atoms. The molecule has 1 aliphatic rings. The third-order valence-corrected chi connectivity index (χ3v) is 6.33. The standard InChI is InChI=1S/C25H33F2N/c1-2-3-4-5-6-19-7-12-21(13-8-19)22-14-9-20(10-15-22)11-16-23-17-18-24(26)28-25(23)27/h7-8,12-13,17-18,20,22H,2-6,9-11,14-16H2,1H3. The van der Waals surface area contributed by atoms with Gasteiger partial charge in [0.2, 0.25) is 11.9 Å². The summed E-state index contributed by atoms with van der Waals surface area (Å²) in [6.45, 7) is 2.25. The molecule has 1 saturated carbocycles. The number of aromatic nitrogens is 1.